The van der Waals surface area contributed by atoms with Crippen LogP contribution in [-0.4, -0.2) is 17.5 Å². The van der Waals surface area contributed by atoms with Crippen molar-refractivity contribution in [3.05, 3.63) is 71.1 Å². The number of hydrogen-bond acceptors (Lipinski definition) is 4. The third-order valence-corrected chi connectivity index (χ3v) is 4.58. The summed E-state index contributed by atoms with van der Waals surface area (Å²) in [6.45, 7) is 4.60. The van der Waals surface area contributed by atoms with Crippen LogP contribution in [0.1, 0.15) is 17.4 Å². The first-order valence-corrected chi connectivity index (χ1v) is 9.22. The summed E-state index contributed by atoms with van der Waals surface area (Å²) in [5, 5.41) is 3.42. The van der Waals surface area contributed by atoms with E-state index in [1.165, 1.54) is 17.4 Å². The van der Waals surface area contributed by atoms with E-state index in [1.54, 1.807) is 6.08 Å². The molecule has 0 fully saturated rings. The number of aryl methyl sites for hydroxylation is 1. The van der Waals surface area contributed by atoms with Crippen LogP contribution >= 0.6 is 11.3 Å². The van der Waals surface area contributed by atoms with Gasteiger partial charge in [-0.2, -0.15) is 0 Å². The molecule has 1 aromatic heterocycles. The number of carbonyl (C=O) groups is 1. The molecule has 0 aliphatic heterocycles. The van der Waals surface area contributed by atoms with Gasteiger partial charge >= 0.3 is 0 Å². The lowest BCUT2D eigenvalue weighted by molar-refractivity contribution is -0.111. The van der Waals surface area contributed by atoms with Gasteiger partial charge in [-0.25, -0.2) is 4.98 Å². The highest BCUT2D eigenvalue weighted by atomic mass is 32.1. The fourth-order valence-corrected chi connectivity index (χ4v) is 3.32. The molecule has 2 aromatic carbocycles. The number of thiazole rings is 1. The van der Waals surface area contributed by atoms with Crippen molar-refractivity contribution in [2.24, 2.45) is 0 Å². The maximum atomic E-state index is 12.1. The van der Waals surface area contributed by atoms with Gasteiger partial charge in [0.05, 0.1) is 12.3 Å². The smallest absolute Gasteiger partial charge is 0.250 e. The summed E-state index contributed by atoms with van der Waals surface area (Å²) >= 11 is 1.47. The van der Waals surface area contributed by atoms with E-state index in [0.717, 1.165) is 27.4 Å². The monoisotopic (exact) mass is 364 g/mol. The molecule has 3 rings (SSSR count). The van der Waals surface area contributed by atoms with E-state index in [-0.39, 0.29) is 5.91 Å². The minimum atomic E-state index is -0.194. The van der Waals surface area contributed by atoms with Gasteiger partial charge in [0.2, 0.25) is 5.91 Å². The summed E-state index contributed by atoms with van der Waals surface area (Å²) in [6, 6.07) is 17.5. The topological polar surface area (TPSA) is 51.2 Å². The zero-order valence-electron chi connectivity index (χ0n) is 14.7. The number of nitrogens with one attached hydrogen (secondary N) is 1. The van der Waals surface area contributed by atoms with Crippen molar-refractivity contribution >= 4 is 28.5 Å². The first-order chi connectivity index (χ1) is 12.7. The molecule has 0 unspecified atom stereocenters. The van der Waals surface area contributed by atoms with Crippen molar-refractivity contribution in [2.45, 2.75) is 13.8 Å². The Labute approximate surface area is 157 Å². The van der Waals surface area contributed by atoms with Gasteiger partial charge in [-0.3, -0.25) is 10.1 Å². The van der Waals surface area contributed by atoms with Crippen LogP contribution in [0.25, 0.3) is 17.3 Å². The molecule has 0 radical (unpaired) electrons. The minimum absolute atomic E-state index is 0.194. The van der Waals surface area contributed by atoms with Crippen molar-refractivity contribution in [3.8, 4) is 17.0 Å². The molecule has 0 aliphatic rings. The van der Waals surface area contributed by atoms with Crippen molar-refractivity contribution in [1.29, 1.82) is 0 Å². The molecular weight excluding hydrogens is 344 g/mol. The van der Waals surface area contributed by atoms with Gasteiger partial charge in [-0.1, -0.05) is 30.3 Å². The molecule has 0 saturated carbocycles. The Morgan fingerprint density at radius 2 is 1.88 bits per heavy atom. The third kappa shape index (κ3) is 4.58. The maximum Gasteiger partial charge on any atom is 0.250 e. The fourth-order valence-electron chi connectivity index (χ4n) is 2.48. The quantitative estimate of drug-likeness (QED) is 0.614. The largest absolute Gasteiger partial charge is 0.494 e. The van der Waals surface area contributed by atoms with Gasteiger partial charge in [0.15, 0.2) is 5.13 Å². The molecule has 1 N–H and O–H groups in total. The van der Waals surface area contributed by atoms with E-state index < -0.39 is 0 Å². The molecule has 132 valence electrons. The van der Waals surface area contributed by atoms with Crippen molar-refractivity contribution in [1.82, 2.24) is 4.98 Å². The van der Waals surface area contributed by atoms with Crippen LogP contribution in [0.4, 0.5) is 5.13 Å². The van der Waals surface area contributed by atoms with Crippen LogP contribution < -0.4 is 10.1 Å². The number of amides is 1. The number of hydrogen-bond donors (Lipinski definition) is 1. The van der Waals surface area contributed by atoms with E-state index in [2.05, 4.69) is 10.3 Å². The molecule has 4 nitrogen and oxygen atoms in total. The van der Waals surface area contributed by atoms with E-state index in [1.807, 2.05) is 68.4 Å². The SMILES string of the molecule is CCOc1ccc(-c2nc(NC(=O)C=Cc3ccccc3)sc2C)cc1. The predicted octanol–water partition coefficient (Wildman–Crippen LogP) is 5.17. The summed E-state index contributed by atoms with van der Waals surface area (Å²) in [5.41, 5.74) is 2.86. The van der Waals surface area contributed by atoms with Crippen molar-refractivity contribution in [2.75, 3.05) is 11.9 Å². The molecule has 0 aliphatic carbocycles. The summed E-state index contributed by atoms with van der Waals surface area (Å²) in [7, 11) is 0. The van der Waals surface area contributed by atoms with Crippen LogP contribution in [0.5, 0.6) is 5.75 Å². The highest BCUT2D eigenvalue weighted by Gasteiger charge is 2.11. The lowest BCUT2D eigenvalue weighted by atomic mass is 10.1. The zero-order valence-corrected chi connectivity index (χ0v) is 15.5. The lowest BCUT2D eigenvalue weighted by Gasteiger charge is -2.03. The van der Waals surface area contributed by atoms with E-state index >= 15 is 0 Å². The Kier molecular flexibility index (Phi) is 5.81. The van der Waals surface area contributed by atoms with Crippen molar-refractivity contribution in [3.63, 3.8) is 0 Å². The van der Waals surface area contributed by atoms with Gasteiger partial charge in [-0.15, -0.1) is 11.3 Å². The van der Waals surface area contributed by atoms with Crippen LogP contribution in [-0.2, 0) is 4.79 Å². The number of carbonyl (C=O) groups excluding carboxylic acids is 1. The van der Waals surface area contributed by atoms with Crippen LogP contribution in [0.15, 0.2) is 60.7 Å². The Morgan fingerprint density at radius 3 is 2.58 bits per heavy atom. The van der Waals surface area contributed by atoms with Crippen LogP contribution in [0.2, 0.25) is 0 Å². The first kappa shape index (κ1) is 17.9. The molecule has 3 aromatic rings. The number of anilines is 1. The van der Waals surface area contributed by atoms with E-state index in [0.29, 0.717) is 11.7 Å². The highest BCUT2D eigenvalue weighted by Crippen LogP contribution is 2.31. The van der Waals surface area contributed by atoms with Crippen LogP contribution in [0, 0.1) is 6.92 Å². The molecule has 0 spiro atoms. The second kappa shape index (κ2) is 8.45. The van der Waals surface area contributed by atoms with Gasteiger partial charge in [0, 0.05) is 16.5 Å². The first-order valence-electron chi connectivity index (χ1n) is 8.40. The normalized spacial score (nSPS) is 10.8. The summed E-state index contributed by atoms with van der Waals surface area (Å²) in [5.74, 6) is 0.643. The fraction of sp³-hybridized carbons (Fsp3) is 0.143. The molecule has 5 heteroatoms. The van der Waals surface area contributed by atoms with Gasteiger partial charge in [0.25, 0.3) is 0 Å². The second-order valence-electron chi connectivity index (χ2n) is 5.61. The number of ether oxygens (including phenoxy) is 1. The zero-order chi connectivity index (χ0) is 18.4. The average molecular weight is 364 g/mol. The van der Waals surface area contributed by atoms with Crippen LogP contribution in [0.3, 0.4) is 0 Å². The third-order valence-electron chi connectivity index (χ3n) is 3.69. The Balaban J connectivity index is 1.69. The Morgan fingerprint density at radius 1 is 1.15 bits per heavy atom. The minimum Gasteiger partial charge on any atom is -0.494 e. The maximum absolute atomic E-state index is 12.1. The summed E-state index contributed by atoms with van der Waals surface area (Å²) in [4.78, 5) is 17.7. The van der Waals surface area contributed by atoms with Gasteiger partial charge < -0.3 is 4.74 Å². The van der Waals surface area contributed by atoms with Crippen molar-refractivity contribution < 1.29 is 9.53 Å². The Hall–Kier alpha value is -2.92. The van der Waals surface area contributed by atoms with E-state index in [9.17, 15) is 4.79 Å². The van der Waals surface area contributed by atoms with Gasteiger partial charge in [-0.05, 0) is 49.8 Å². The van der Waals surface area contributed by atoms with E-state index in [4.69, 9.17) is 4.74 Å². The number of benzene rings is 2. The summed E-state index contributed by atoms with van der Waals surface area (Å²) in [6.07, 6.45) is 3.30. The molecule has 0 bridgehead atoms. The number of nitrogens with zero attached hydrogens (tertiary/aromatic N) is 1. The second-order valence-corrected chi connectivity index (χ2v) is 6.82. The predicted molar refractivity (Wildman–Crippen MR) is 108 cm³/mol. The molecule has 0 atom stereocenters. The molecule has 26 heavy (non-hydrogen) atoms. The molecule has 0 saturated heterocycles. The highest BCUT2D eigenvalue weighted by molar-refractivity contribution is 7.16. The Bertz CT molecular complexity index is 900. The molecular formula is C21H20N2O2S. The average Bonchev–Trinajstić information content (AvgIpc) is 3.02. The number of rotatable bonds is 6. The molecule has 1 amide bonds. The standard InChI is InChI=1S/C21H20N2O2S/c1-3-25-18-12-10-17(11-13-18)20-15(2)26-21(23-20)22-19(24)14-9-16-7-5-4-6-8-16/h4-14H,3H2,1-2H3,(H,22,23,24). The summed E-state index contributed by atoms with van der Waals surface area (Å²) < 4.78 is 5.47. The molecule has 1 heterocycles. The number of aromatic nitrogens is 1. The van der Waals surface area contributed by atoms with Gasteiger partial charge in [0.1, 0.15) is 5.75 Å². The lowest BCUT2D eigenvalue weighted by Crippen LogP contribution is -2.07.